The van der Waals surface area contributed by atoms with E-state index in [1.807, 2.05) is 11.8 Å². The number of carbonyl (C=O) groups excluding carboxylic acids is 5. The van der Waals surface area contributed by atoms with Crippen molar-refractivity contribution in [1.82, 2.24) is 31.9 Å². The van der Waals surface area contributed by atoms with Gasteiger partial charge < -0.3 is 111 Å². The summed E-state index contributed by atoms with van der Waals surface area (Å²) in [6, 6.07) is 4.94. The van der Waals surface area contributed by atoms with Gasteiger partial charge in [0.2, 0.25) is 11.8 Å². The molecule has 15 N–H and O–H groups in total. The molecule has 0 spiro atoms. The minimum absolute atomic E-state index is 0.0891. The summed E-state index contributed by atoms with van der Waals surface area (Å²) in [5.74, 6) is -0.362. The van der Waals surface area contributed by atoms with Gasteiger partial charge in [-0.3, -0.25) is 19.2 Å². The second-order valence-electron chi connectivity index (χ2n) is 17.9. The minimum atomic E-state index is -1.98. The Hall–Kier alpha value is -4.08. The number of amides is 6. The van der Waals surface area contributed by atoms with E-state index in [1.54, 1.807) is 0 Å². The van der Waals surface area contributed by atoms with Crippen LogP contribution in [0.5, 0.6) is 5.75 Å². The van der Waals surface area contributed by atoms with Crippen molar-refractivity contribution in [3.8, 4) is 5.75 Å². The molecule has 5 aliphatic rings. The normalized spacial score (nSPS) is 35.3. The maximum atomic E-state index is 12.6. The first-order chi connectivity index (χ1) is 34.5. The van der Waals surface area contributed by atoms with Crippen molar-refractivity contribution in [2.45, 2.75) is 148 Å². The van der Waals surface area contributed by atoms with Gasteiger partial charge in [-0.2, -0.15) is 11.8 Å². The third-order valence-electron chi connectivity index (χ3n) is 12.7. The zero-order valence-electron chi connectivity index (χ0n) is 39.4. The molecule has 28 heteroatoms. The molecule has 406 valence electrons. The smallest absolute Gasteiger partial charge is 0.315 e. The van der Waals surface area contributed by atoms with E-state index >= 15 is 0 Å². The fourth-order valence-electron chi connectivity index (χ4n) is 8.83. The van der Waals surface area contributed by atoms with Gasteiger partial charge in [-0.1, -0.05) is 6.42 Å². The maximum Gasteiger partial charge on any atom is 0.315 e. The number of thioether (sulfide) groups is 1. The first-order valence-electron chi connectivity index (χ1n) is 23.8. The van der Waals surface area contributed by atoms with E-state index in [9.17, 15) is 69.9 Å². The predicted octanol–water partition coefficient (Wildman–Crippen LogP) is -6.25. The Morgan fingerprint density at radius 3 is 2.03 bits per heavy atom. The van der Waals surface area contributed by atoms with Gasteiger partial charge in [-0.05, 0) is 43.5 Å². The highest BCUT2D eigenvalue weighted by molar-refractivity contribution is 8.00. The van der Waals surface area contributed by atoms with Gasteiger partial charge in [0.05, 0.1) is 38.5 Å². The van der Waals surface area contributed by atoms with Crippen LogP contribution < -0.4 is 36.6 Å². The van der Waals surface area contributed by atoms with Crippen molar-refractivity contribution >= 4 is 41.4 Å². The van der Waals surface area contributed by atoms with E-state index in [-0.39, 0.29) is 69.2 Å². The van der Waals surface area contributed by atoms with Gasteiger partial charge in [0, 0.05) is 49.5 Å². The molecular formula is C44H68N6O21S. The number of aliphatic hydroxyl groups is 9. The highest BCUT2D eigenvalue weighted by Gasteiger charge is 2.54. The minimum Gasteiger partial charge on any atom is -0.484 e. The van der Waals surface area contributed by atoms with Crippen LogP contribution in [0.1, 0.15) is 49.4 Å². The fourth-order valence-corrected chi connectivity index (χ4v) is 10.4. The van der Waals surface area contributed by atoms with Crippen LogP contribution >= 0.6 is 11.8 Å². The molecule has 1 aromatic rings. The van der Waals surface area contributed by atoms with Gasteiger partial charge >= 0.3 is 6.03 Å². The number of aliphatic hydroxyl groups excluding tert-OH is 9. The summed E-state index contributed by atoms with van der Waals surface area (Å²) in [4.78, 5) is 61.3. The summed E-state index contributed by atoms with van der Waals surface area (Å²) in [6.45, 7) is -1.18. The highest BCUT2D eigenvalue weighted by atomic mass is 32.2. The SMILES string of the molecule is CC(=O)NC1C(O)[C@H](O[C@@H]2OC(CO)[C@H](O)C(O[C@H]3OC(CO)[C@H](O)C(O)C3O)C2O)C(CO)O[C@H]1OCCCNC(=O)COc1ccc(C(=O)NCCNC(=O)CCCC[C@@H]2SC[C@@H]3NC(=O)N[C@@H]32)cc1. The third kappa shape index (κ3) is 15.0. The second kappa shape index (κ2) is 27.5. The monoisotopic (exact) mass is 1050 g/mol. The number of carbonyl (C=O) groups is 5. The van der Waals surface area contributed by atoms with E-state index in [2.05, 4.69) is 31.9 Å². The van der Waals surface area contributed by atoms with Crippen LogP contribution in [0.2, 0.25) is 0 Å². The van der Waals surface area contributed by atoms with Crippen molar-refractivity contribution in [1.29, 1.82) is 0 Å². The number of rotatable bonds is 25. The molecule has 0 aliphatic carbocycles. The van der Waals surface area contributed by atoms with Crippen molar-refractivity contribution in [3.63, 3.8) is 0 Å². The Kier molecular flexibility index (Phi) is 21.8. The zero-order chi connectivity index (χ0) is 52.1. The standard InChI is InChI=1S/C44H68N6O21S/c1-20(54)48-31-34(59)38(70-43-37(62)39(33(58)25(16-52)68-43)71-42-36(61)35(60)32(57)24(15-51)67-42)26(17-53)69-41(31)65-14-4-11-45-29(56)18-66-22-9-7-21(8-10-22)40(63)47-13-12-46-28(55)6-3-2-5-27-30-23(19-72-27)49-44(64)50-30/h7-10,23-27,30-39,41-43,51-53,57-62H,2-6,11-19H2,1H3,(H,45,56)(H,46,55)(H,47,63)(H,48,54)(H2,49,50,64)/t23-,24?,25?,26?,27-,30-,31?,32-,33-,34?,35?,36?,37?,38+,39?,41+,42+,43-/m0/s1. The number of hydrogen-bond donors (Lipinski definition) is 15. The summed E-state index contributed by atoms with van der Waals surface area (Å²) in [6.07, 6.45) is -20.7. The lowest BCUT2D eigenvalue weighted by molar-refractivity contribution is -0.376. The maximum absolute atomic E-state index is 12.6. The number of urea groups is 1. The van der Waals surface area contributed by atoms with Gasteiger partial charge in [0.15, 0.2) is 25.5 Å². The van der Waals surface area contributed by atoms with Crippen LogP contribution in [0, 0.1) is 0 Å². The Bertz CT molecular complexity index is 1930. The predicted molar refractivity (Wildman–Crippen MR) is 245 cm³/mol. The van der Waals surface area contributed by atoms with Crippen LogP contribution in [-0.4, -0.2) is 243 Å². The lowest BCUT2D eigenvalue weighted by Crippen LogP contribution is -2.68. The van der Waals surface area contributed by atoms with Crippen molar-refractivity contribution in [2.75, 3.05) is 58.4 Å². The lowest BCUT2D eigenvalue weighted by atomic mass is 9.95. The van der Waals surface area contributed by atoms with Crippen LogP contribution in [-0.2, 0) is 42.8 Å². The van der Waals surface area contributed by atoms with E-state index < -0.39 is 124 Å². The molecule has 5 heterocycles. The Labute approximate surface area is 417 Å². The topological polar surface area (TPSA) is 404 Å². The second-order valence-corrected chi connectivity index (χ2v) is 19.2. The van der Waals surface area contributed by atoms with Crippen LogP contribution in [0.3, 0.4) is 0 Å². The molecule has 27 nitrogen and oxygen atoms in total. The first-order valence-corrected chi connectivity index (χ1v) is 24.9. The van der Waals surface area contributed by atoms with Crippen molar-refractivity contribution in [3.05, 3.63) is 29.8 Å². The van der Waals surface area contributed by atoms with E-state index in [0.29, 0.717) is 23.0 Å². The van der Waals surface area contributed by atoms with Crippen LogP contribution in [0.4, 0.5) is 4.79 Å². The Balaban J connectivity index is 0.877. The number of fused-ring (bicyclic) bond motifs is 1. The van der Waals surface area contributed by atoms with Crippen LogP contribution in [0.25, 0.3) is 0 Å². The fraction of sp³-hybridized carbons (Fsp3) is 0.750. The van der Waals surface area contributed by atoms with Gasteiger partial charge in [0.1, 0.15) is 78.9 Å². The molecule has 18 atom stereocenters. The lowest BCUT2D eigenvalue weighted by Gasteiger charge is -2.48. The molecular weight excluding hydrogens is 981 g/mol. The first kappa shape index (κ1) is 57.2. The van der Waals surface area contributed by atoms with E-state index in [4.69, 9.17) is 33.2 Å². The number of nitrogens with one attached hydrogen (secondary N) is 6. The third-order valence-corrected chi connectivity index (χ3v) is 14.2. The van der Waals surface area contributed by atoms with Gasteiger partial charge in [-0.25, -0.2) is 4.79 Å². The molecule has 72 heavy (non-hydrogen) atoms. The molecule has 5 aliphatic heterocycles. The molecule has 0 saturated carbocycles. The van der Waals surface area contributed by atoms with Gasteiger partial charge in [-0.15, -0.1) is 0 Å². The van der Waals surface area contributed by atoms with E-state index in [1.165, 1.54) is 24.3 Å². The number of hydrogen-bond acceptors (Lipinski definition) is 22. The Morgan fingerprint density at radius 2 is 1.33 bits per heavy atom. The quantitative estimate of drug-likeness (QED) is 0.0320. The molecule has 0 aromatic heterocycles. The highest BCUT2D eigenvalue weighted by Crippen LogP contribution is 2.34. The molecule has 1 aromatic carbocycles. The average molecular weight is 1050 g/mol. The molecule has 0 radical (unpaired) electrons. The number of unbranched alkanes of at least 4 members (excludes halogenated alkanes) is 1. The number of ether oxygens (including phenoxy) is 7. The summed E-state index contributed by atoms with van der Waals surface area (Å²) in [5.41, 5.74) is 0.340. The molecule has 6 rings (SSSR count). The van der Waals surface area contributed by atoms with Gasteiger partial charge in [0.25, 0.3) is 11.8 Å². The van der Waals surface area contributed by atoms with Crippen LogP contribution in [0.15, 0.2) is 24.3 Å². The molecule has 5 fully saturated rings. The molecule has 0 bridgehead atoms. The summed E-state index contributed by atoms with van der Waals surface area (Å²) in [5, 5.41) is 111. The Morgan fingerprint density at radius 1 is 0.694 bits per heavy atom. The number of benzene rings is 1. The molecule has 6 amide bonds. The zero-order valence-corrected chi connectivity index (χ0v) is 40.2. The average Bonchev–Trinajstić information content (AvgIpc) is 3.93. The largest absolute Gasteiger partial charge is 0.484 e. The summed E-state index contributed by atoms with van der Waals surface area (Å²) >= 11 is 1.84. The van der Waals surface area contributed by atoms with Crippen molar-refractivity contribution in [2.24, 2.45) is 0 Å². The summed E-state index contributed by atoms with van der Waals surface area (Å²) in [7, 11) is 0. The van der Waals surface area contributed by atoms with Crippen molar-refractivity contribution < 1.29 is 103 Å². The molecule has 9 unspecified atom stereocenters. The molecule has 5 saturated heterocycles. The van der Waals surface area contributed by atoms with E-state index in [0.717, 1.165) is 31.9 Å². The summed E-state index contributed by atoms with van der Waals surface area (Å²) < 4.78 is 39.6.